The highest BCUT2D eigenvalue weighted by atomic mass is 79.9. The van der Waals surface area contributed by atoms with Gasteiger partial charge in [0.15, 0.2) is 5.82 Å². The number of fused-ring (bicyclic) bond motifs is 1. The summed E-state index contributed by atoms with van der Waals surface area (Å²) in [6.45, 7) is 0.322. The van der Waals surface area contributed by atoms with Crippen molar-refractivity contribution in [2.24, 2.45) is 0 Å². The molecule has 0 radical (unpaired) electrons. The predicted molar refractivity (Wildman–Crippen MR) is 109 cm³/mol. The van der Waals surface area contributed by atoms with Crippen molar-refractivity contribution >= 4 is 26.8 Å². The quantitative estimate of drug-likeness (QED) is 0.492. The summed E-state index contributed by atoms with van der Waals surface area (Å²) in [4.78, 5) is 17.5. The zero-order valence-electron chi connectivity index (χ0n) is 14.5. The Labute approximate surface area is 167 Å². The second kappa shape index (κ2) is 7.52. The number of nitrogens with one attached hydrogen (secondary N) is 1. The van der Waals surface area contributed by atoms with Gasteiger partial charge in [0.1, 0.15) is 17.0 Å². The molecule has 3 aromatic carbocycles. The van der Waals surface area contributed by atoms with E-state index in [2.05, 4.69) is 26.3 Å². The van der Waals surface area contributed by atoms with Gasteiger partial charge < -0.3 is 5.43 Å². The van der Waals surface area contributed by atoms with Crippen molar-refractivity contribution in [2.45, 2.75) is 6.54 Å². The number of benzene rings is 3. The lowest BCUT2D eigenvalue weighted by Crippen LogP contribution is -2.31. The van der Waals surface area contributed by atoms with Gasteiger partial charge in [-0.05, 0) is 54.1 Å². The number of aromatic nitrogens is 2. The van der Waals surface area contributed by atoms with Crippen molar-refractivity contribution in [2.75, 3.05) is 5.43 Å². The van der Waals surface area contributed by atoms with Crippen molar-refractivity contribution in [1.29, 1.82) is 0 Å². The molecule has 0 saturated heterocycles. The van der Waals surface area contributed by atoms with Gasteiger partial charge in [-0.3, -0.25) is 4.79 Å². The summed E-state index contributed by atoms with van der Waals surface area (Å²) in [7, 11) is 0. The van der Waals surface area contributed by atoms with Gasteiger partial charge in [-0.15, -0.1) is 0 Å². The average molecular weight is 442 g/mol. The summed E-state index contributed by atoms with van der Waals surface area (Å²) in [6.07, 6.45) is 0. The van der Waals surface area contributed by atoms with Gasteiger partial charge in [-0.1, -0.05) is 34.1 Å². The van der Waals surface area contributed by atoms with Crippen molar-refractivity contribution in [3.8, 4) is 11.4 Å². The van der Waals surface area contributed by atoms with Gasteiger partial charge in [0.2, 0.25) is 0 Å². The van der Waals surface area contributed by atoms with E-state index >= 15 is 0 Å². The third-order valence-corrected chi connectivity index (χ3v) is 4.83. The smallest absolute Gasteiger partial charge is 0.283 e. The van der Waals surface area contributed by atoms with Gasteiger partial charge in [-0.25, -0.2) is 18.4 Å². The Morgan fingerprint density at radius 3 is 2.39 bits per heavy atom. The van der Waals surface area contributed by atoms with E-state index in [0.29, 0.717) is 12.1 Å². The Hall–Kier alpha value is -3.06. The van der Waals surface area contributed by atoms with E-state index in [0.717, 1.165) is 10.0 Å². The maximum Gasteiger partial charge on any atom is 0.283 e. The average Bonchev–Trinajstić information content (AvgIpc) is 2.69. The molecule has 1 heterocycles. The highest BCUT2D eigenvalue weighted by Gasteiger charge is 2.15. The molecule has 0 bridgehead atoms. The molecular weight excluding hydrogens is 428 g/mol. The van der Waals surface area contributed by atoms with E-state index in [1.807, 2.05) is 24.3 Å². The largest absolute Gasteiger partial charge is 0.317 e. The first-order valence-corrected chi connectivity index (χ1v) is 9.28. The molecule has 0 aliphatic carbocycles. The number of nitrogens with zero attached hydrogens (tertiary/aromatic N) is 2. The molecule has 0 atom stereocenters. The Morgan fingerprint density at radius 1 is 0.964 bits per heavy atom. The van der Waals surface area contributed by atoms with Crippen LogP contribution >= 0.6 is 15.9 Å². The first kappa shape index (κ1) is 18.3. The van der Waals surface area contributed by atoms with Crippen LogP contribution < -0.4 is 11.0 Å². The van der Waals surface area contributed by atoms with E-state index in [9.17, 15) is 13.6 Å². The van der Waals surface area contributed by atoms with Gasteiger partial charge in [0, 0.05) is 10.0 Å². The van der Waals surface area contributed by atoms with Crippen molar-refractivity contribution in [3.05, 3.63) is 98.8 Å². The van der Waals surface area contributed by atoms with Crippen molar-refractivity contribution < 1.29 is 8.78 Å². The molecule has 0 unspecified atom stereocenters. The molecule has 28 heavy (non-hydrogen) atoms. The van der Waals surface area contributed by atoms with E-state index in [4.69, 9.17) is 0 Å². The van der Waals surface area contributed by atoms with E-state index in [1.165, 1.54) is 41.1 Å². The molecule has 7 heteroatoms. The van der Waals surface area contributed by atoms with Crippen LogP contribution in [0.5, 0.6) is 0 Å². The van der Waals surface area contributed by atoms with Gasteiger partial charge in [0.25, 0.3) is 5.56 Å². The van der Waals surface area contributed by atoms with Crippen LogP contribution in [0.2, 0.25) is 0 Å². The maximum atomic E-state index is 14.3. The third-order valence-electron chi connectivity index (χ3n) is 4.30. The lowest BCUT2D eigenvalue weighted by atomic mass is 10.2. The van der Waals surface area contributed by atoms with Gasteiger partial charge in [-0.2, -0.15) is 0 Å². The van der Waals surface area contributed by atoms with Crippen LogP contribution in [0.4, 0.5) is 8.78 Å². The third kappa shape index (κ3) is 3.53. The first-order chi connectivity index (χ1) is 13.5. The number of hydrogen-bond donors (Lipinski definition) is 1. The highest BCUT2D eigenvalue weighted by molar-refractivity contribution is 9.10. The lowest BCUT2D eigenvalue weighted by Gasteiger charge is -2.16. The molecule has 1 aromatic heterocycles. The normalized spacial score (nSPS) is 11.0. The fourth-order valence-electron chi connectivity index (χ4n) is 2.90. The minimum absolute atomic E-state index is 0.100. The fourth-order valence-corrected chi connectivity index (χ4v) is 3.17. The fraction of sp³-hybridized carbons (Fsp3) is 0.0476. The number of halogens is 3. The summed E-state index contributed by atoms with van der Waals surface area (Å²) in [5.74, 6) is -0.757. The molecule has 4 nitrogen and oxygen atoms in total. The predicted octanol–water partition coefficient (Wildman–Crippen LogP) is 4.85. The van der Waals surface area contributed by atoms with Crippen molar-refractivity contribution in [1.82, 2.24) is 9.66 Å². The molecule has 140 valence electrons. The molecule has 1 N–H and O–H groups in total. The van der Waals surface area contributed by atoms with E-state index < -0.39 is 17.2 Å². The molecule has 4 aromatic rings. The molecule has 0 amide bonds. The van der Waals surface area contributed by atoms with E-state index in [1.54, 1.807) is 6.07 Å². The van der Waals surface area contributed by atoms with Crippen LogP contribution in [0.15, 0.2) is 76.0 Å². The number of rotatable bonds is 4. The second-order valence-corrected chi connectivity index (χ2v) is 7.09. The zero-order chi connectivity index (χ0) is 19.7. The number of hydrogen-bond acceptors (Lipinski definition) is 3. The molecule has 0 fully saturated rings. The Bertz CT molecular complexity index is 1210. The molecule has 4 rings (SSSR count). The van der Waals surface area contributed by atoms with Crippen LogP contribution in [0.3, 0.4) is 0 Å². The van der Waals surface area contributed by atoms with Crippen LogP contribution in [0.25, 0.3) is 22.3 Å². The molecule has 0 aliphatic rings. The lowest BCUT2D eigenvalue weighted by molar-refractivity contribution is 0.628. The topological polar surface area (TPSA) is 46.9 Å². The minimum Gasteiger partial charge on any atom is -0.317 e. The van der Waals surface area contributed by atoms with Gasteiger partial charge in [0.05, 0.1) is 12.1 Å². The molecule has 0 saturated carbocycles. The summed E-state index contributed by atoms with van der Waals surface area (Å²) in [6, 6.07) is 17.5. The summed E-state index contributed by atoms with van der Waals surface area (Å²) in [5, 5.41) is -0.100. The van der Waals surface area contributed by atoms with Crippen LogP contribution in [-0.2, 0) is 6.54 Å². The van der Waals surface area contributed by atoms with Gasteiger partial charge >= 0.3 is 0 Å². The van der Waals surface area contributed by atoms with Crippen LogP contribution in [0, 0.1) is 11.6 Å². The first-order valence-electron chi connectivity index (χ1n) is 8.48. The molecule has 0 spiro atoms. The van der Waals surface area contributed by atoms with Crippen LogP contribution in [0.1, 0.15) is 5.56 Å². The highest BCUT2D eigenvalue weighted by Crippen LogP contribution is 2.20. The second-order valence-electron chi connectivity index (χ2n) is 6.18. The molecular formula is C21H14BrF2N3O. The van der Waals surface area contributed by atoms with Crippen molar-refractivity contribution in [3.63, 3.8) is 0 Å². The minimum atomic E-state index is -0.639. The molecule has 0 aliphatic heterocycles. The summed E-state index contributed by atoms with van der Waals surface area (Å²) < 4.78 is 29.8. The van der Waals surface area contributed by atoms with Crippen LogP contribution in [-0.4, -0.2) is 9.66 Å². The summed E-state index contributed by atoms with van der Waals surface area (Å²) in [5.41, 5.74) is 4.16. The SMILES string of the molecule is O=c1c2c(F)cccc2nc(-c2ccc(F)cc2)n1NCc1ccc(Br)cc1. The van der Waals surface area contributed by atoms with E-state index in [-0.39, 0.29) is 16.7 Å². The Kier molecular flexibility index (Phi) is 4.92. The summed E-state index contributed by atoms with van der Waals surface area (Å²) >= 11 is 3.38. The standard InChI is InChI=1S/C21H14BrF2N3O/c22-15-8-4-13(5-9-15)12-25-27-20(14-6-10-16(23)11-7-14)26-18-3-1-2-17(24)19(18)21(27)28/h1-11,25H,12H2. The Balaban J connectivity index is 1.85. The monoisotopic (exact) mass is 441 g/mol. The maximum absolute atomic E-state index is 14.3. The zero-order valence-corrected chi connectivity index (χ0v) is 16.1. The Morgan fingerprint density at radius 2 is 1.68 bits per heavy atom.